The summed E-state index contributed by atoms with van der Waals surface area (Å²) in [5.41, 5.74) is 1.05. The van der Waals surface area contributed by atoms with Crippen LogP contribution in [0, 0.1) is 10.1 Å². The largest absolute Gasteiger partial charge is 0.494 e. The van der Waals surface area contributed by atoms with Gasteiger partial charge in [-0.3, -0.25) is 19.9 Å². The maximum Gasteiger partial charge on any atom is 0.270 e. The molecule has 1 saturated carbocycles. The molecule has 1 aliphatic heterocycles. The third kappa shape index (κ3) is 3.82. The maximum absolute atomic E-state index is 11.0. The molecule has 0 atom stereocenters. The van der Waals surface area contributed by atoms with Crippen molar-refractivity contribution in [3.63, 3.8) is 0 Å². The Balaban J connectivity index is 1.64. The van der Waals surface area contributed by atoms with Crippen LogP contribution in [0.2, 0.25) is 0 Å². The first-order valence-corrected chi connectivity index (χ1v) is 8.54. The zero-order valence-electron chi connectivity index (χ0n) is 13.7. The Morgan fingerprint density at radius 3 is 2.57 bits per heavy atom. The van der Waals surface area contributed by atoms with Crippen LogP contribution in [-0.2, 0) is 6.54 Å². The van der Waals surface area contributed by atoms with Crippen LogP contribution in [0.3, 0.4) is 0 Å². The van der Waals surface area contributed by atoms with Crippen LogP contribution in [0.1, 0.15) is 31.7 Å². The molecular weight excluding hydrogens is 294 g/mol. The molecule has 2 fully saturated rings. The van der Waals surface area contributed by atoms with Gasteiger partial charge in [-0.05, 0) is 25.8 Å². The summed E-state index contributed by atoms with van der Waals surface area (Å²) in [4.78, 5) is 15.6. The Labute approximate surface area is 137 Å². The van der Waals surface area contributed by atoms with E-state index < -0.39 is 0 Å². The summed E-state index contributed by atoms with van der Waals surface area (Å²) >= 11 is 0. The van der Waals surface area contributed by atoms with Crippen LogP contribution in [0.15, 0.2) is 18.2 Å². The first kappa shape index (κ1) is 16.2. The average Bonchev–Trinajstić information content (AvgIpc) is 2.49. The molecule has 1 aromatic rings. The molecule has 1 heterocycles. The molecule has 1 aromatic carbocycles. The van der Waals surface area contributed by atoms with Gasteiger partial charge in [-0.25, -0.2) is 0 Å². The van der Waals surface area contributed by atoms with Gasteiger partial charge < -0.3 is 4.74 Å². The number of nitrogens with zero attached hydrogens (tertiary/aromatic N) is 3. The summed E-state index contributed by atoms with van der Waals surface area (Å²) in [5.74, 6) is 0.763. The van der Waals surface area contributed by atoms with Crippen molar-refractivity contribution in [2.45, 2.75) is 38.8 Å². The van der Waals surface area contributed by atoms with Crippen LogP contribution < -0.4 is 4.74 Å². The normalized spacial score (nSPS) is 20.2. The first-order valence-electron chi connectivity index (χ1n) is 8.54. The molecule has 3 rings (SSSR count). The van der Waals surface area contributed by atoms with Gasteiger partial charge in [-0.1, -0.05) is 6.42 Å². The SMILES string of the molecule is CCOc1ccc([N+](=O)[O-])cc1CN1CCN(C2CCC2)CC1. The Kier molecular flexibility index (Phi) is 5.13. The zero-order valence-corrected chi connectivity index (χ0v) is 13.7. The molecule has 6 heteroatoms. The molecule has 0 bridgehead atoms. The van der Waals surface area contributed by atoms with Crippen molar-refractivity contribution in [3.05, 3.63) is 33.9 Å². The van der Waals surface area contributed by atoms with Crippen LogP contribution in [0.5, 0.6) is 5.75 Å². The van der Waals surface area contributed by atoms with Crippen molar-refractivity contribution in [2.75, 3.05) is 32.8 Å². The van der Waals surface area contributed by atoms with Crippen molar-refractivity contribution < 1.29 is 9.66 Å². The van der Waals surface area contributed by atoms with Gasteiger partial charge in [0.1, 0.15) is 5.75 Å². The fraction of sp³-hybridized carbons (Fsp3) is 0.647. The van der Waals surface area contributed by atoms with Gasteiger partial charge in [0.15, 0.2) is 0 Å². The van der Waals surface area contributed by atoms with E-state index in [0.717, 1.165) is 50.1 Å². The van der Waals surface area contributed by atoms with Gasteiger partial charge in [0, 0.05) is 56.5 Å². The Bertz CT molecular complexity index is 552. The zero-order chi connectivity index (χ0) is 16.2. The second-order valence-electron chi connectivity index (χ2n) is 6.38. The van der Waals surface area contributed by atoms with Gasteiger partial charge in [0.2, 0.25) is 0 Å². The van der Waals surface area contributed by atoms with E-state index in [1.807, 2.05) is 6.92 Å². The molecular formula is C17H25N3O3. The fourth-order valence-corrected chi connectivity index (χ4v) is 3.38. The lowest BCUT2D eigenvalue weighted by atomic mass is 9.91. The van der Waals surface area contributed by atoms with Crippen molar-refractivity contribution in [1.82, 2.24) is 9.80 Å². The van der Waals surface area contributed by atoms with Crippen LogP contribution in [-0.4, -0.2) is 53.6 Å². The second kappa shape index (κ2) is 7.27. The fourth-order valence-electron chi connectivity index (χ4n) is 3.38. The second-order valence-corrected chi connectivity index (χ2v) is 6.38. The van der Waals surface area contributed by atoms with Crippen LogP contribution >= 0.6 is 0 Å². The molecule has 0 aromatic heterocycles. The highest BCUT2D eigenvalue weighted by molar-refractivity contribution is 5.43. The molecule has 126 valence electrons. The monoisotopic (exact) mass is 319 g/mol. The molecule has 6 nitrogen and oxygen atoms in total. The van der Waals surface area contributed by atoms with E-state index in [1.165, 1.54) is 25.3 Å². The summed E-state index contributed by atoms with van der Waals surface area (Å²) in [6.45, 7) is 7.46. The number of rotatable bonds is 6. The number of hydrogen-bond donors (Lipinski definition) is 0. The number of benzene rings is 1. The minimum Gasteiger partial charge on any atom is -0.494 e. The summed E-state index contributed by atoms with van der Waals surface area (Å²) in [6, 6.07) is 5.70. The van der Waals surface area contributed by atoms with E-state index in [-0.39, 0.29) is 10.6 Å². The minimum atomic E-state index is -0.340. The van der Waals surface area contributed by atoms with Gasteiger partial charge in [-0.2, -0.15) is 0 Å². The van der Waals surface area contributed by atoms with E-state index in [1.54, 1.807) is 12.1 Å². The molecule has 0 radical (unpaired) electrons. The Morgan fingerprint density at radius 1 is 1.26 bits per heavy atom. The van der Waals surface area contributed by atoms with Crippen molar-refractivity contribution >= 4 is 5.69 Å². The minimum absolute atomic E-state index is 0.136. The highest BCUT2D eigenvalue weighted by atomic mass is 16.6. The number of nitro benzene ring substituents is 1. The van der Waals surface area contributed by atoms with Gasteiger partial charge in [-0.15, -0.1) is 0 Å². The summed E-state index contributed by atoms with van der Waals surface area (Å²) < 4.78 is 5.64. The quantitative estimate of drug-likeness (QED) is 0.596. The topological polar surface area (TPSA) is 58.9 Å². The molecule has 1 saturated heterocycles. The molecule has 23 heavy (non-hydrogen) atoms. The lowest BCUT2D eigenvalue weighted by Crippen LogP contribution is -2.51. The summed E-state index contributed by atoms with van der Waals surface area (Å²) in [6.07, 6.45) is 4.06. The predicted octanol–water partition coefficient (Wildman–Crippen LogP) is 2.66. The first-order chi connectivity index (χ1) is 11.2. The number of nitro groups is 1. The lowest BCUT2D eigenvalue weighted by molar-refractivity contribution is -0.385. The molecule has 1 aliphatic carbocycles. The summed E-state index contributed by atoms with van der Waals surface area (Å²) in [7, 11) is 0. The van der Waals surface area contributed by atoms with Gasteiger partial charge in [0.05, 0.1) is 11.5 Å². The number of ether oxygens (including phenoxy) is 1. The molecule has 0 unspecified atom stereocenters. The van der Waals surface area contributed by atoms with Gasteiger partial charge in [0.25, 0.3) is 5.69 Å². The number of piperazine rings is 1. The van der Waals surface area contributed by atoms with E-state index in [9.17, 15) is 10.1 Å². The maximum atomic E-state index is 11.0. The third-order valence-corrected chi connectivity index (χ3v) is 4.95. The van der Waals surface area contributed by atoms with Crippen LogP contribution in [0.4, 0.5) is 5.69 Å². The number of non-ortho nitro benzene ring substituents is 1. The lowest BCUT2D eigenvalue weighted by Gasteiger charge is -2.43. The average molecular weight is 319 g/mol. The number of hydrogen-bond acceptors (Lipinski definition) is 5. The van der Waals surface area contributed by atoms with Crippen molar-refractivity contribution in [1.29, 1.82) is 0 Å². The smallest absolute Gasteiger partial charge is 0.270 e. The molecule has 0 N–H and O–H groups in total. The Morgan fingerprint density at radius 2 is 2.00 bits per heavy atom. The molecule has 0 spiro atoms. The molecule has 2 aliphatic rings. The van der Waals surface area contributed by atoms with E-state index >= 15 is 0 Å². The highest BCUT2D eigenvalue weighted by Gasteiger charge is 2.28. The van der Waals surface area contributed by atoms with Crippen LogP contribution in [0.25, 0.3) is 0 Å². The van der Waals surface area contributed by atoms with Gasteiger partial charge >= 0.3 is 0 Å². The predicted molar refractivity (Wildman–Crippen MR) is 88.8 cm³/mol. The molecule has 0 amide bonds. The Hall–Kier alpha value is -1.66. The van der Waals surface area contributed by atoms with E-state index in [4.69, 9.17) is 4.74 Å². The van der Waals surface area contributed by atoms with Crippen molar-refractivity contribution in [2.24, 2.45) is 0 Å². The van der Waals surface area contributed by atoms with E-state index in [2.05, 4.69) is 9.80 Å². The summed E-state index contributed by atoms with van der Waals surface area (Å²) in [5, 5.41) is 11.0. The highest BCUT2D eigenvalue weighted by Crippen LogP contribution is 2.28. The standard InChI is InChI=1S/C17H25N3O3/c1-2-23-17-7-6-16(20(21)22)12-14(17)13-18-8-10-19(11-9-18)15-4-3-5-15/h6-7,12,15H,2-5,8-11,13H2,1H3. The third-order valence-electron chi connectivity index (χ3n) is 4.95. The van der Waals surface area contributed by atoms with Crippen molar-refractivity contribution in [3.8, 4) is 5.75 Å². The van der Waals surface area contributed by atoms with E-state index in [0.29, 0.717) is 6.61 Å².